The molecule has 0 unspecified atom stereocenters. The van der Waals surface area contributed by atoms with Gasteiger partial charge in [0.2, 0.25) is 0 Å². The van der Waals surface area contributed by atoms with Gasteiger partial charge in [-0.3, -0.25) is 0 Å². The van der Waals surface area contributed by atoms with Crippen LogP contribution >= 0.6 is 27.5 Å². The third-order valence-corrected chi connectivity index (χ3v) is 3.12. The van der Waals surface area contributed by atoms with E-state index < -0.39 is 0 Å². The van der Waals surface area contributed by atoms with E-state index in [1.54, 1.807) is 0 Å². The van der Waals surface area contributed by atoms with Crippen LogP contribution in [-0.4, -0.2) is 11.4 Å². The molecule has 1 rings (SSSR count). The van der Waals surface area contributed by atoms with E-state index >= 15 is 0 Å². The second-order valence-electron chi connectivity index (χ2n) is 4.30. The Kier molecular flexibility index (Phi) is 5.10. The van der Waals surface area contributed by atoms with Gasteiger partial charge in [-0.25, -0.2) is 0 Å². The first-order valence-corrected chi connectivity index (χ1v) is 6.42. The molecule has 0 aliphatic carbocycles. The molecule has 0 aliphatic heterocycles. The molecule has 0 fully saturated rings. The predicted octanol–water partition coefficient (Wildman–Crippen LogP) is 3.95. The number of nitrogens with one attached hydrogen (secondary N) is 1. The highest BCUT2D eigenvalue weighted by molar-refractivity contribution is 9.10. The predicted molar refractivity (Wildman–Crippen MR) is 70.4 cm³/mol. The third-order valence-electron chi connectivity index (χ3n) is 2.40. The van der Waals surface area contributed by atoms with Crippen LogP contribution in [0, 0.1) is 0 Å². The van der Waals surface area contributed by atoms with Crippen LogP contribution < -0.4 is 5.32 Å². The third kappa shape index (κ3) is 5.01. The monoisotopic (exact) mass is 289 g/mol. The smallest absolute Gasteiger partial charge is 0.0240 e. The molecule has 1 aromatic rings. The molecule has 0 aromatic heterocycles. The van der Waals surface area contributed by atoms with Crippen LogP contribution in [0.1, 0.15) is 25.8 Å². The molecule has 1 nitrogen and oxygen atoms in total. The van der Waals surface area contributed by atoms with Crippen molar-refractivity contribution in [2.24, 2.45) is 0 Å². The van der Waals surface area contributed by atoms with Gasteiger partial charge in [0.25, 0.3) is 0 Å². The standard InChI is InChI=1S/C12H17BrClN/c1-12(2,7-8-14)15-9-10-3-5-11(13)6-4-10/h3-6,15H,7-9H2,1-2H3. The van der Waals surface area contributed by atoms with Gasteiger partial charge in [-0.15, -0.1) is 11.6 Å². The van der Waals surface area contributed by atoms with Crippen molar-refractivity contribution >= 4 is 27.5 Å². The SMILES string of the molecule is CC(C)(CCCl)NCc1ccc(Br)cc1. The Labute approximate surface area is 105 Å². The largest absolute Gasteiger partial charge is 0.308 e. The normalized spacial score (nSPS) is 11.7. The van der Waals surface area contributed by atoms with Gasteiger partial charge in [0.05, 0.1) is 0 Å². The Bertz CT molecular complexity index is 295. The average molecular weight is 291 g/mol. The summed E-state index contributed by atoms with van der Waals surface area (Å²) in [5.74, 6) is 0.695. The number of rotatable bonds is 5. The molecule has 0 bridgehead atoms. The summed E-state index contributed by atoms with van der Waals surface area (Å²) < 4.78 is 1.12. The van der Waals surface area contributed by atoms with Gasteiger partial charge >= 0.3 is 0 Å². The maximum Gasteiger partial charge on any atom is 0.0240 e. The topological polar surface area (TPSA) is 12.0 Å². The molecule has 15 heavy (non-hydrogen) atoms. The number of halogens is 2. The van der Waals surface area contributed by atoms with E-state index in [0.717, 1.165) is 17.4 Å². The first kappa shape index (κ1) is 13.0. The van der Waals surface area contributed by atoms with Crippen LogP contribution in [-0.2, 0) is 6.54 Å². The molecule has 0 saturated carbocycles. The lowest BCUT2D eigenvalue weighted by molar-refractivity contribution is 0.376. The summed E-state index contributed by atoms with van der Waals surface area (Å²) in [4.78, 5) is 0. The van der Waals surface area contributed by atoms with Gasteiger partial charge in [-0.1, -0.05) is 28.1 Å². The maximum atomic E-state index is 5.74. The Balaban J connectivity index is 2.46. The lowest BCUT2D eigenvalue weighted by Crippen LogP contribution is -2.38. The van der Waals surface area contributed by atoms with Crippen molar-refractivity contribution in [2.45, 2.75) is 32.4 Å². The molecule has 0 amide bonds. The summed E-state index contributed by atoms with van der Waals surface area (Å²) >= 11 is 9.17. The molecule has 0 spiro atoms. The number of hydrogen-bond donors (Lipinski definition) is 1. The van der Waals surface area contributed by atoms with E-state index in [0.29, 0.717) is 5.88 Å². The first-order valence-electron chi connectivity index (χ1n) is 5.09. The van der Waals surface area contributed by atoms with Gasteiger partial charge < -0.3 is 5.32 Å². The fraction of sp³-hybridized carbons (Fsp3) is 0.500. The summed E-state index contributed by atoms with van der Waals surface area (Å²) in [6.45, 7) is 5.24. The quantitative estimate of drug-likeness (QED) is 0.810. The van der Waals surface area contributed by atoms with Crippen molar-refractivity contribution < 1.29 is 0 Å². The minimum atomic E-state index is 0.106. The van der Waals surface area contributed by atoms with E-state index in [4.69, 9.17) is 11.6 Å². The fourth-order valence-electron chi connectivity index (χ4n) is 1.27. The Hall–Kier alpha value is -0.0500. The zero-order valence-corrected chi connectivity index (χ0v) is 11.5. The molecule has 0 atom stereocenters. The van der Waals surface area contributed by atoms with E-state index in [-0.39, 0.29) is 5.54 Å². The zero-order chi connectivity index (χ0) is 11.3. The van der Waals surface area contributed by atoms with Crippen LogP contribution in [0.4, 0.5) is 0 Å². The molecule has 3 heteroatoms. The molecule has 0 saturated heterocycles. The summed E-state index contributed by atoms with van der Waals surface area (Å²) in [6, 6.07) is 8.36. The lowest BCUT2D eigenvalue weighted by Gasteiger charge is -2.25. The zero-order valence-electron chi connectivity index (χ0n) is 9.19. The Morgan fingerprint density at radius 3 is 2.40 bits per heavy atom. The highest BCUT2D eigenvalue weighted by atomic mass is 79.9. The van der Waals surface area contributed by atoms with Crippen molar-refractivity contribution in [3.05, 3.63) is 34.3 Å². The van der Waals surface area contributed by atoms with E-state index in [1.807, 2.05) is 0 Å². The summed E-state index contributed by atoms with van der Waals surface area (Å²) in [5, 5.41) is 3.50. The van der Waals surface area contributed by atoms with Gasteiger partial charge in [-0.05, 0) is 38.0 Å². The van der Waals surface area contributed by atoms with Crippen molar-refractivity contribution in [3.63, 3.8) is 0 Å². The molecule has 0 aliphatic rings. The number of alkyl halides is 1. The molecule has 0 heterocycles. The molecule has 1 N–H and O–H groups in total. The van der Waals surface area contributed by atoms with Crippen LogP contribution in [0.5, 0.6) is 0 Å². The van der Waals surface area contributed by atoms with E-state index in [1.165, 1.54) is 5.56 Å². The minimum absolute atomic E-state index is 0.106. The van der Waals surface area contributed by atoms with Gasteiger partial charge in [0.15, 0.2) is 0 Å². The van der Waals surface area contributed by atoms with Crippen LogP contribution in [0.25, 0.3) is 0 Å². The lowest BCUT2D eigenvalue weighted by atomic mass is 10.0. The fourth-order valence-corrected chi connectivity index (χ4v) is 2.01. The van der Waals surface area contributed by atoms with E-state index in [9.17, 15) is 0 Å². The highest BCUT2D eigenvalue weighted by Crippen LogP contribution is 2.13. The van der Waals surface area contributed by atoms with Crippen molar-refractivity contribution in [1.29, 1.82) is 0 Å². The van der Waals surface area contributed by atoms with Crippen molar-refractivity contribution in [1.82, 2.24) is 5.32 Å². The van der Waals surface area contributed by atoms with Crippen molar-refractivity contribution in [2.75, 3.05) is 5.88 Å². The van der Waals surface area contributed by atoms with Crippen LogP contribution in [0.3, 0.4) is 0 Å². The van der Waals surface area contributed by atoms with E-state index in [2.05, 4.69) is 59.4 Å². The Morgan fingerprint density at radius 2 is 1.87 bits per heavy atom. The molecule has 84 valence electrons. The van der Waals surface area contributed by atoms with Crippen molar-refractivity contribution in [3.8, 4) is 0 Å². The number of hydrogen-bond acceptors (Lipinski definition) is 1. The maximum absolute atomic E-state index is 5.74. The first-order chi connectivity index (χ1) is 7.03. The Morgan fingerprint density at radius 1 is 1.27 bits per heavy atom. The minimum Gasteiger partial charge on any atom is -0.308 e. The second kappa shape index (κ2) is 5.88. The molecular formula is C12H17BrClN. The van der Waals surface area contributed by atoms with Gasteiger partial charge in [0, 0.05) is 22.4 Å². The number of benzene rings is 1. The second-order valence-corrected chi connectivity index (χ2v) is 5.60. The average Bonchev–Trinajstić information content (AvgIpc) is 2.17. The molecule has 0 radical (unpaired) electrons. The van der Waals surface area contributed by atoms with Crippen LogP contribution in [0.2, 0.25) is 0 Å². The summed E-state index contributed by atoms with van der Waals surface area (Å²) in [7, 11) is 0. The molecule has 1 aromatic carbocycles. The van der Waals surface area contributed by atoms with Crippen LogP contribution in [0.15, 0.2) is 28.7 Å². The van der Waals surface area contributed by atoms with Gasteiger partial charge in [0.1, 0.15) is 0 Å². The highest BCUT2D eigenvalue weighted by Gasteiger charge is 2.15. The molecular weight excluding hydrogens is 273 g/mol. The summed E-state index contributed by atoms with van der Waals surface area (Å²) in [6.07, 6.45) is 0.977. The van der Waals surface area contributed by atoms with Gasteiger partial charge in [-0.2, -0.15) is 0 Å². The summed E-state index contributed by atoms with van der Waals surface area (Å²) in [5.41, 5.74) is 1.40.